The van der Waals surface area contributed by atoms with Crippen molar-refractivity contribution in [2.24, 2.45) is 0 Å². The molecule has 9 nitrogen and oxygen atoms in total. The van der Waals surface area contributed by atoms with Crippen LogP contribution < -0.4 is 10.6 Å². The molecular formula is C16H16N2O7S3. The minimum Gasteiger partial charge on any atom is -0.368 e. The van der Waals surface area contributed by atoms with E-state index in [1.807, 2.05) is 0 Å². The molecule has 150 valence electrons. The predicted molar refractivity (Wildman–Crippen MR) is 104 cm³/mol. The number of benzene rings is 2. The van der Waals surface area contributed by atoms with Crippen molar-refractivity contribution in [1.29, 1.82) is 0 Å². The Morgan fingerprint density at radius 1 is 0.750 bits per heavy atom. The second-order valence-corrected chi connectivity index (χ2v) is 8.85. The largest absolute Gasteiger partial charge is 0.368 e. The Hall–Kier alpha value is -2.38. The van der Waals surface area contributed by atoms with Gasteiger partial charge in [-0.25, -0.2) is 0 Å². The molecule has 0 spiro atoms. The van der Waals surface area contributed by atoms with E-state index in [-0.39, 0.29) is 27.9 Å². The number of hydrogen-bond acceptors (Lipinski definition) is 6. The number of thiocarbonyl (C=S) groups is 1. The third-order valence-electron chi connectivity index (χ3n) is 3.55. The van der Waals surface area contributed by atoms with Gasteiger partial charge in [-0.3, -0.25) is 13.9 Å². The van der Waals surface area contributed by atoms with Crippen LogP contribution in [0.15, 0.2) is 58.3 Å². The molecule has 0 aliphatic rings. The molecule has 2 rings (SSSR count). The van der Waals surface area contributed by atoms with Gasteiger partial charge in [-0.2, -0.15) is 16.8 Å². The topological polar surface area (TPSA) is 150 Å². The molecule has 0 aromatic heterocycles. The number of amides is 1. The molecule has 0 aliphatic carbocycles. The summed E-state index contributed by atoms with van der Waals surface area (Å²) >= 11 is 4.97. The lowest BCUT2D eigenvalue weighted by molar-refractivity contribution is -0.115. The predicted octanol–water partition coefficient (Wildman–Crippen LogP) is 0.913. The molecule has 4 N–H and O–H groups in total. The SMILES string of the molecule is O=C(NCc1ccc(S(=O)(=O)O)cc1)C(=S)NCc1ccc(S(=O)(=O)O)cc1. The van der Waals surface area contributed by atoms with Gasteiger partial charge >= 0.3 is 0 Å². The molecule has 0 bridgehead atoms. The first kappa shape index (κ1) is 21.9. The van der Waals surface area contributed by atoms with Gasteiger partial charge in [-0.15, -0.1) is 0 Å². The molecular weight excluding hydrogens is 428 g/mol. The van der Waals surface area contributed by atoms with Crippen molar-refractivity contribution in [3.63, 3.8) is 0 Å². The maximum atomic E-state index is 12.0. The first-order valence-electron chi connectivity index (χ1n) is 7.66. The second kappa shape index (κ2) is 8.75. The average Bonchev–Trinajstić information content (AvgIpc) is 2.63. The minimum absolute atomic E-state index is 0.0894. The fourth-order valence-electron chi connectivity index (χ4n) is 2.08. The molecule has 0 radical (unpaired) electrons. The monoisotopic (exact) mass is 444 g/mol. The Kier molecular flexibility index (Phi) is 6.85. The summed E-state index contributed by atoms with van der Waals surface area (Å²) in [6, 6.07) is 10.7. The minimum atomic E-state index is -4.27. The highest BCUT2D eigenvalue weighted by atomic mass is 32.2. The molecule has 1 amide bonds. The first-order valence-corrected chi connectivity index (χ1v) is 10.9. The number of rotatable bonds is 6. The van der Waals surface area contributed by atoms with Gasteiger partial charge in [0.05, 0.1) is 9.79 Å². The molecule has 0 heterocycles. The summed E-state index contributed by atoms with van der Waals surface area (Å²) in [5.41, 5.74) is 1.24. The van der Waals surface area contributed by atoms with E-state index in [1.165, 1.54) is 48.5 Å². The summed E-state index contributed by atoms with van der Waals surface area (Å²) in [5, 5.41) is 5.27. The van der Waals surface area contributed by atoms with Gasteiger partial charge in [-0.05, 0) is 35.4 Å². The highest BCUT2D eigenvalue weighted by Crippen LogP contribution is 2.11. The molecule has 0 unspecified atom stereocenters. The summed E-state index contributed by atoms with van der Waals surface area (Å²) < 4.78 is 61.7. The van der Waals surface area contributed by atoms with E-state index in [0.717, 1.165) is 0 Å². The van der Waals surface area contributed by atoms with Gasteiger partial charge in [0.2, 0.25) is 0 Å². The van der Waals surface area contributed by atoms with E-state index in [0.29, 0.717) is 11.1 Å². The summed E-state index contributed by atoms with van der Waals surface area (Å²) in [5.74, 6) is -0.552. The zero-order valence-corrected chi connectivity index (χ0v) is 16.6. The third kappa shape index (κ3) is 6.35. The lowest BCUT2D eigenvalue weighted by Gasteiger charge is -2.09. The van der Waals surface area contributed by atoms with Gasteiger partial charge in [-0.1, -0.05) is 36.5 Å². The molecule has 2 aromatic rings. The summed E-state index contributed by atoms with van der Waals surface area (Å²) in [6.45, 7) is 0.260. The fraction of sp³-hybridized carbons (Fsp3) is 0.125. The van der Waals surface area contributed by atoms with Crippen molar-refractivity contribution >= 4 is 43.3 Å². The van der Waals surface area contributed by atoms with Crippen molar-refractivity contribution in [1.82, 2.24) is 10.6 Å². The van der Waals surface area contributed by atoms with Crippen LogP contribution in [0.5, 0.6) is 0 Å². The first-order chi connectivity index (χ1) is 13.0. The van der Waals surface area contributed by atoms with E-state index < -0.39 is 26.1 Å². The van der Waals surface area contributed by atoms with Gasteiger partial charge in [0, 0.05) is 13.1 Å². The summed E-state index contributed by atoms with van der Waals surface area (Å²) in [6.07, 6.45) is 0. The molecule has 28 heavy (non-hydrogen) atoms. The van der Waals surface area contributed by atoms with Crippen LogP contribution in [-0.4, -0.2) is 36.8 Å². The van der Waals surface area contributed by atoms with Gasteiger partial charge < -0.3 is 10.6 Å². The maximum Gasteiger partial charge on any atom is 0.294 e. The summed E-state index contributed by atoms with van der Waals surface area (Å²) in [7, 11) is -8.54. The van der Waals surface area contributed by atoms with Gasteiger partial charge in [0.15, 0.2) is 4.99 Å². The van der Waals surface area contributed by atoms with Crippen LogP contribution in [-0.2, 0) is 38.1 Å². The Morgan fingerprint density at radius 2 is 1.11 bits per heavy atom. The lowest BCUT2D eigenvalue weighted by atomic mass is 10.2. The molecule has 12 heteroatoms. The molecule has 2 aromatic carbocycles. The Balaban J connectivity index is 1.85. The molecule has 0 fully saturated rings. The van der Waals surface area contributed by atoms with Crippen molar-refractivity contribution in [3.05, 3.63) is 59.7 Å². The van der Waals surface area contributed by atoms with Crippen LogP contribution in [0.3, 0.4) is 0 Å². The van der Waals surface area contributed by atoms with Gasteiger partial charge in [0.25, 0.3) is 26.1 Å². The van der Waals surface area contributed by atoms with Crippen molar-refractivity contribution < 1.29 is 30.7 Å². The Bertz CT molecular complexity index is 989. The van der Waals surface area contributed by atoms with E-state index >= 15 is 0 Å². The molecule has 0 atom stereocenters. The maximum absolute atomic E-state index is 12.0. The van der Waals surface area contributed by atoms with E-state index in [9.17, 15) is 21.6 Å². The fourth-order valence-corrected chi connectivity index (χ4v) is 3.19. The molecule has 0 saturated carbocycles. The Morgan fingerprint density at radius 3 is 1.46 bits per heavy atom. The number of nitrogens with one attached hydrogen (secondary N) is 2. The van der Waals surface area contributed by atoms with Crippen LogP contribution >= 0.6 is 12.2 Å². The zero-order chi connectivity index (χ0) is 20.9. The molecule has 0 saturated heterocycles. The van der Waals surface area contributed by atoms with Crippen LogP contribution in [0.4, 0.5) is 0 Å². The van der Waals surface area contributed by atoms with E-state index in [4.69, 9.17) is 21.3 Å². The standard InChI is InChI=1S/C16H16N2O7S3/c19-15(17-9-11-1-5-13(6-2-11)27(20,21)22)16(26)18-10-12-3-7-14(8-4-12)28(23,24)25/h1-8H,9-10H2,(H,17,19)(H,18,26)(H,20,21,22)(H,23,24,25). The van der Waals surface area contributed by atoms with Gasteiger partial charge in [0.1, 0.15) is 0 Å². The highest BCUT2D eigenvalue weighted by molar-refractivity contribution is 7.86. The van der Waals surface area contributed by atoms with Crippen molar-refractivity contribution in [2.45, 2.75) is 22.9 Å². The Labute approximate surface area is 167 Å². The summed E-state index contributed by atoms with van der Waals surface area (Å²) in [4.78, 5) is 11.4. The average molecular weight is 445 g/mol. The second-order valence-electron chi connectivity index (χ2n) is 5.60. The van der Waals surface area contributed by atoms with Crippen molar-refractivity contribution in [3.8, 4) is 0 Å². The van der Waals surface area contributed by atoms with Crippen LogP contribution in [0.2, 0.25) is 0 Å². The lowest BCUT2D eigenvalue weighted by Crippen LogP contribution is -2.37. The normalized spacial score (nSPS) is 11.6. The number of carbonyl (C=O) groups excluding carboxylic acids is 1. The van der Waals surface area contributed by atoms with E-state index in [1.54, 1.807) is 0 Å². The van der Waals surface area contributed by atoms with Crippen LogP contribution in [0.1, 0.15) is 11.1 Å². The van der Waals surface area contributed by atoms with Crippen LogP contribution in [0, 0.1) is 0 Å². The quantitative estimate of drug-likeness (QED) is 0.377. The highest BCUT2D eigenvalue weighted by Gasteiger charge is 2.12. The smallest absolute Gasteiger partial charge is 0.294 e. The zero-order valence-electron chi connectivity index (χ0n) is 14.2. The van der Waals surface area contributed by atoms with Crippen LogP contribution in [0.25, 0.3) is 0 Å². The third-order valence-corrected chi connectivity index (χ3v) is 5.62. The van der Waals surface area contributed by atoms with E-state index in [2.05, 4.69) is 10.6 Å². The number of hydrogen-bond donors (Lipinski definition) is 4. The van der Waals surface area contributed by atoms with Crippen molar-refractivity contribution in [2.75, 3.05) is 0 Å². The molecule has 0 aliphatic heterocycles. The number of carbonyl (C=O) groups is 1.